The fraction of sp³-hybridized carbons (Fsp3) is 0.714. The molecule has 3 aliphatic carbocycles. The van der Waals surface area contributed by atoms with Crippen LogP contribution in [0.2, 0.25) is 0 Å². The highest BCUT2D eigenvalue weighted by Crippen LogP contribution is 2.59. The van der Waals surface area contributed by atoms with Crippen LogP contribution >= 0.6 is 0 Å². The van der Waals surface area contributed by atoms with Gasteiger partial charge in [0.15, 0.2) is 0 Å². The van der Waals surface area contributed by atoms with Crippen LogP contribution < -0.4 is 0 Å². The lowest BCUT2D eigenvalue weighted by Gasteiger charge is -2.48. The van der Waals surface area contributed by atoms with Crippen molar-refractivity contribution in [3.05, 3.63) is 28.8 Å². The number of hydrogen-bond acceptors (Lipinski definition) is 4. The molecule has 1 amide bonds. The summed E-state index contributed by atoms with van der Waals surface area (Å²) in [6.07, 6.45) is 10.5. The van der Waals surface area contributed by atoms with E-state index in [9.17, 15) is 14.7 Å². The monoisotopic (exact) mass is 453 g/mol. The van der Waals surface area contributed by atoms with Gasteiger partial charge in [0, 0.05) is 31.3 Å². The first-order chi connectivity index (χ1) is 16.0. The number of fused-ring (bicyclic) bond motifs is 5. The van der Waals surface area contributed by atoms with Crippen molar-refractivity contribution in [2.24, 2.45) is 17.3 Å². The van der Waals surface area contributed by atoms with Gasteiger partial charge in [0.2, 0.25) is 5.91 Å². The minimum absolute atomic E-state index is 0.0862. The molecule has 1 aromatic carbocycles. The van der Waals surface area contributed by atoms with E-state index in [2.05, 4.69) is 13.0 Å². The molecule has 0 spiro atoms. The van der Waals surface area contributed by atoms with Crippen molar-refractivity contribution in [2.45, 2.75) is 83.5 Å². The number of aryl methyl sites for hydroxylation is 2. The fourth-order valence-electron chi connectivity index (χ4n) is 7.37. The lowest BCUT2D eigenvalue weighted by atomic mass is 9.55. The number of unbranched alkanes of at least 4 members (excludes halogenated alkanes) is 2. The second-order valence-electron chi connectivity index (χ2n) is 11.1. The first-order valence-electron chi connectivity index (χ1n) is 13.2. The van der Waals surface area contributed by atoms with Crippen LogP contribution in [0.4, 0.5) is 0 Å². The highest BCUT2D eigenvalue weighted by molar-refractivity contribution is 5.87. The molecule has 0 radical (unpaired) electrons. The molecule has 1 saturated heterocycles. The summed E-state index contributed by atoms with van der Waals surface area (Å²) in [6, 6.07) is 4.32. The molecule has 5 heteroatoms. The first-order valence-corrected chi connectivity index (χ1v) is 13.2. The molecule has 1 aromatic rings. The number of hydrogen-bond donors (Lipinski definition) is 1. The molecule has 5 rings (SSSR count). The van der Waals surface area contributed by atoms with Crippen molar-refractivity contribution in [1.29, 1.82) is 0 Å². The van der Waals surface area contributed by atoms with Gasteiger partial charge >= 0.3 is 0 Å². The predicted octanol–water partition coefficient (Wildman–Crippen LogP) is 4.78. The summed E-state index contributed by atoms with van der Waals surface area (Å²) in [5.41, 5.74) is 3.74. The molecule has 33 heavy (non-hydrogen) atoms. The van der Waals surface area contributed by atoms with E-state index < -0.39 is 0 Å². The number of phenols is 1. The maximum atomic E-state index is 12.6. The molecule has 5 nitrogen and oxygen atoms in total. The molecule has 1 heterocycles. The van der Waals surface area contributed by atoms with E-state index in [-0.39, 0.29) is 11.3 Å². The lowest BCUT2D eigenvalue weighted by Crippen LogP contribution is -2.42. The smallest absolute Gasteiger partial charge is 0.222 e. The van der Waals surface area contributed by atoms with Crippen LogP contribution in [0.15, 0.2) is 12.1 Å². The number of carbonyl (C=O) groups excluding carboxylic acids is 2. The normalized spacial score (nSPS) is 31.1. The molecule has 1 aliphatic heterocycles. The van der Waals surface area contributed by atoms with Crippen molar-refractivity contribution in [1.82, 2.24) is 4.90 Å². The number of aromatic hydroxyl groups is 1. The standard InChI is InChI=1S/C28H39NO4/c1-28-12-11-21-22(24(28)9-10-26(28)31)8-7-19-18-25(30)20(17-23(19)21)5-3-2-4-6-27(32)29-13-15-33-16-14-29/h17-18,21-22,24,30H,2-16H2,1H3/t21-,22+,24-,28-/m0/s1. The lowest BCUT2D eigenvalue weighted by molar-refractivity contribution is -0.135. The van der Waals surface area contributed by atoms with Gasteiger partial charge in [-0.05, 0) is 91.9 Å². The van der Waals surface area contributed by atoms with Gasteiger partial charge in [-0.15, -0.1) is 0 Å². The van der Waals surface area contributed by atoms with Gasteiger partial charge in [0.1, 0.15) is 11.5 Å². The minimum atomic E-state index is -0.0862. The van der Waals surface area contributed by atoms with Crippen molar-refractivity contribution in [3.8, 4) is 5.75 Å². The average molecular weight is 454 g/mol. The van der Waals surface area contributed by atoms with Gasteiger partial charge in [0.05, 0.1) is 13.2 Å². The second-order valence-corrected chi connectivity index (χ2v) is 11.1. The SMILES string of the molecule is C[C@]12CC[C@@H]3c4cc(CCCCCC(=O)N5CCOCC5)c(O)cc4CC[C@H]3[C@@H]1CCC2=O. The Morgan fingerprint density at radius 3 is 2.76 bits per heavy atom. The molecule has 0 unspecified atom stereocenters. The van der Waals surface area contributed by atoms with Gasteiger partial charge < -0.3 is 14.7 Å². The van der Waals surface area contributed by atoms with Crippen LogP contribution in [0.3, 0.4) is 0 Å². The third kappa shape index (κ3) is 4.34. The maximum Gasteiger partial charge on any atom is 0.222 e. The van der Waals surface area contributed by atoms with Crippen LogP contribution in [0, 0.1) is 17.3 Å². The minimum Gasteiger partial charge on any atom is -0.508 e. The molecule has 1 N–H and O–H groups in total. The Balaban J connectivity index is 1.19. The maximum absolute atomic E-state index is 12.6. The van der Waals surface area contributed by atoms with Gasteiger partial charge in [-0.2, -0.15) is 0 Å². The predicted molar refractivity (Wildman–Crippen MR) is 127 cm³/mol. The van der Waals surface area contributed by atoms with E-state index >= 15 is 0 Å². The largest absolute Gasteiger partial charge is 0.508 e. The number of phenolic OH excluding ortho intramolecular Hbond substituents is 1. The number of carbonyl (C=O) groups is 2. The third-order valence-corrected chi connectivity index (χ3v) is 9.33. The van der Waals surface area contributed by atoms with Crippen molar-refractivity contribution < 1.29 is 19.4 Å². The average Bonchev–Trinajstić information content (AvgIpc) is 3.14. The number of ether oxygens (including phenoxy) is 1. The number of ketones is 1. The number of Topliss-reactive ketones (excluding diaryl/α,β-unsaturated/α-hetero) is 1. The van der Waals surface area contributed by atoms with Crippen LogP contribution in [-0.4, -0.2) is 48.0 Å². The van der Waals surface area contributed by atoms with E-state index in [4.69, 9.17) is 4.74 Å². The molecular formula is C28H39NO4. The summed E-state index contributed by atoms with van der Waals surface area (Å²) in [4.78, 5) is 26.8. The van der Waals surface area contributed by atoms with Crippen LogP contribution in [-0.2, 0) is 27.2 Å². The van der Waals surface area contributed by atoms with E-state index in [0.717, 1.165) is 82.9 Å². The van der Waals surface area contributed by atoms with Crippen LogP contribution in [0.1, 0.15) is 87.3 Å². The second kappa shape index (κ2) is 9.40. The van der Waals surface area contributed by atoms with Crippen LogP contribution in [0.25, 0.3) is 0 Å². The number of rotatable bonds is 6. The highest BCUT2D eigenvalue weighted by Gasteiger charge is 2.54. The van der Waals surface area contributed by atoms with Crippen LogP contribution in [0.5, 0.6) is 5.75 Å². The van der Waals surface area contributed by atoms with Gasteiger partial charge in [-0.25, -0.2) is 0 Å². The van der Waals surface area contributed by atoms with Gasteiger partial charge in [-0.1, -0.05) is 19.4 Å². The van der Waals surface area contributed by atoms with Crippen molar-refractivity contribution in [2.75, 3.05) is 26.3 Å². The fourth-order valence-corrected chi connectivity index (χ4v) is 7.37. The van der Waals surface area contributed by atoms with Gasteiger partial charge in [-0.3, -0.25) is 9.59 Å². The number of amides is 1. The zero-order valence-corrected chi connectivity index (χ0v) is 20.1. The summed E-state index contributed by atoms with van der Waals surface area (Å²) < 4.78 is 5.32. The number of morpholine rings is 1. The first kappa shape index (κ1) is 22.9. The Morgan fingerprint density at radius 2 is 1.94 bits per heavy atom. The van der Waals surface area contributed by atoms with Crippen molar-refractivity contribution >= 4 is 11.7 Å². The molecule has 4 atom stereocenters. The third-order valence-electron chi connectivity index (χ3n) is 9.33. The Hall–Kier alpha value is -1.88. The Kier molecular flexibility index (Phi) is 6.52. The molecule has 180 valence electrons. The quantitative estimate of drug-likeness (QED) is 0.630. The number of nitrogens with zero attached hydrogens (tertiary/aromatic N) is 1. The van der Waals surface area contributed by atoms with E-state index in [1.165, 1.54) is 11.1 Å². The summed E-state index contributed by atoms with van der Waals surface area (Å²) in [6.45, 7) is 4.98. The summed E-state index contributed by atoms with van der Waals surface area (Å²) >= 11 is 0. The summed E-state index contributed by atoms with van der Waals surface area (Å²) in [5.74, 6) is 2.88. The Morgan fingerprint density at radius 1 is 1.12 bits per heavy atom. The molecule has 4 aliphatic rings. The van der Waals surface area contributed by atoms with E-state index in [1.54, 1.807) is 0 Å². The Labute approximate surface area is 197 Å². The van der Waals surface area contributed by atoms with E-state index in [0.29, 0.717) is 48.9 Å². The molecule has 3 fully saturated rings. The number of benzene rings is 1. The Bertz CT molecular complexity index is 905. The summed E-state index contributed by atoms with van der Waals surface area (Å²) in [5, 5.41) is 10.7. The molecule has 0 aromatic heterocycles. The highest BCUT2D eigenvalue weighted by atomic mass is 16.5. The summed E-state index contributed by atoms with van der Waals surface area (Å²) in [7, 11) is 0. The zero-order chi connectivity index (χ0) is 23.0. The van der Waals surface area contributed by atoms with Gasteiger partial charge in [0.25, 0.3) is 0 Å². The molecular weight excluding hydrogens is 414 g/mol. The molecule has 0 bridgehead atoms. The van der Waals surface area contributed by atoms with E-state index in [1.807, 2.05) is 11.0 Å². The topological polar surface area (TPSA) is 66.8 Å². The van der Waals surface area contributed by atoms with Crippen molar-refractivity contribution in [3.63, 3.8) is 0 Å². The zero-order valence-electron chi connectivity index (χ0n) is 20.1. The molecule has 2 saturated carbocycles.